The van der Waals surface area contributed by atoms with Crippen LogP contribution < -0.4 is 10.9 Å². The SMILES string of the molecule is CCOC(=O)c1csc2ncn(CC(=O)Nc3ccc(C(C)(C)C)cc3)c(=O)c12. The van der Waals surface area contributed by atoms with Crippen LogP contribution in [0.25, 0.3) is 10.2 Å². The molecule has 1 amide bonds. The summed E-state index contributed by atoms with van der Waals surface area (Å²) in [7, 11) is 0. The Labute approximate surface area is 172 Å². The van der Waals surface area contributed by atoms with Gasteiger partial charge in [0.1, 0.15) is 11.4 Å². The fourth-order valence-corrected chi connectivity index (χ4v) is 3.71. The molecule has 0 aliphatic rings. The van der Waals surface area contributed by atoms with Gasteiger partial charge in [-0.25, -0.2) is 9.78 Å². The molecule has 0 fully saturated rings. The van der Waals surface area contributed by atoms with Crippen LogP contribution in [0.3, 0.4) is 0 Å². The Balaban J connectivity index is 1.80. The quantitative estimate of drug-likeness (QED) is 0.646. The molecule has 0 radical (unpaired) electrons. The number of hydrogen-bond donors (Lipinski definition) is 1. The minimum absolute atomic E-state index is 0.0219. The largest absolute Gasteiger partial charge is 0.462 e. The highest BCUT2D eigenvalue weighted by Gasteiger charge is 2.19. The van der Waals surface area contributed by atoms with Crippen LogP contribution in [0.4, 0.5) is 5.69 Å². The van der Waals surface area contributed by atoms with Crippen LogP contribution in [0.2, 0.25) is 0 Å². The molecule has 0 bridgehead atoms. The standard InChI is InChI=1S/C21H23N3O4S/c1-5-28-20(27)15-11-29-18-17(15)19(26)24(12-22-18)10-16(25)23-14-8-6-13(7-9-14)21(2,3)4/h6-9,11-12H,5,10H2,1-4H3,(H,23,25). The van der Waals surface area contributed by atoms with Gasteiger partial charge in [-0.1, -0.05) is 32.9 Å². The first kappa shape index (κ1) is 20.7. The van der Waals surface area contributed by atoms with Crippen LogP contribution in [0.15, 0.2) is 40.8 Å². The van der Waals surface area contributed by atoms with Gasteiger partial charge in [0, 0.05) is 11.1 Å². The average molecular weight is 413 g/mol. The van der Waals surface area contributed by atoms with Crippen molar-refractivity contribution in [2.75, 3.05) is 11.9 Å². The van der Waals surface area contributed by atoms with Gasteiger partial charge in [-0.05, 0) is 30.0 Å². The molecule has 0 aliphatic carbocycles. The summed E-state index contributed by atoms with van der Waals surface area (Å²) in [5.41, 5.74) is 1.56. The number of carbonyl (C=O) groups is 2. The molecule has 3 aromatic rings. The summed E-state index contributed by atoms with van der Waals surface area (Å²) in [6, 6.07) is 7.60. The molecule has 7 nitrogen and oxygen atoms in total. The van der Waals surface area contributed by atoms with Gasteiger partial charge in [0.2, 0.25) is 5.91 Å². The number of carbonyl (C=O) groups excluding carboxylic acids is 2. The van der Waals surface area contributed by atoms with E-state index in [1.54, 1.807) is 12.3 Å². The summed E-state index contributed by atoms with van der Waals surface area (Å²) in [6.45, 7) is 8.05. The lowest BCUT2D eigenvalue weighted by Gasteiger charge is -2.19. The van der Waals surface area contributed by atoms with Crippen LogP contribution in [0.1, 0.15) is 43.6 Å². The molecular formula is C21H23N3O4S. The number of hydrogen-bond acceptors (Lipinski definition) is 6. The van der Waals surface area contributed by atoms with Crippen LogP contribution >= 0.6 is 11.3 Å². The van der Waals surface area contributed by atoms with Gasteiger partial charge >= 0.3 is 5.97 Å². The molecule has 29 heavy (non-hydrogen) atoms. The van der Waals surface area contributed by atoms with Gasteiger partial charge in [0.15, 0.2) is 0 Å². The topological polar surface area (TPSA) is 90.3 Å². The van der Waals surface area contributed by atoms with Gasteiger partial charge in [-0.2, -0.15) is 0 Å². The molecule has 0 saturated carbocycles. The number of anilines is 1. The van der Waals surface area contributed by atoms with Crippen molar-refractivity contribution >= 4 is 39.1 Å². The fraction of sp³-hybridized carbons (Fsp3) is 0.333. The molecule has 1 N–H and O–H groups in total. The molecule has 3 rings (SSSR count). The highest BCUT2D eigenvalue weighted by atomic mass is 32.1. The van der Waals surface area contributed by atoms with Crippen LogP contribution in [0, 0.1) is 0 Å². The number of nitrogens with zero attached hydrogens (tertiary/aromatic N) is 2. The van der Waals surface area contributed by atoms with E-state index < -0.39 is 11.5 Å². The Hall–Kier alpha value is -3.00. The second-order valence-electron chi connectivity index (χ2n) is 7.60. The second kappa shape index (κ2) is 8.16. The monoisotopic (exact) mass is 413 g/mol. The summed E-state index contributed by atoms with van der Waals surface area (Å²) >= 11 is 1.19. The molecule has 1 aromatic carbocycles. The number of fused-ring (bicyclic) bond motifs is 1. The zero-order valence-electron chi connectivity index (χ0n) is 16.8. The van der Waals surface area contributed by atoms with E-state index in [0.717, 1.165) is 5.56 Å². The Bertz CT molecular complexity index is 1110. The Morgan fingerprint density at radius 1 is 1.21 bits per heavy atom. The van der Waals surface area contributed by atoms with Crippen molar-refractivity contribution in [3.63, 3.8) is 0 Å². The van der Waals surface area contributed by atoms with Crippen molar-refractivity contribution in [1.82, 2.24) is 9.55 Å². The van der Waals surface area contributed by atoms with Gasteiger partial charge in [-0.3, -0.25) is 14.2 Å². The molecule has 2 heterocycles. The zero-order chi connectivity index (χ0) is 21.2. The summed E-state index contributed by atoms with van der Waals surface area (Å²) in [6.07, 6.45) is 1.32. The first-order valence-electron chi connectivity index (χ1n) is 9.25. The number of amides is 1. The number of benzene rings is 1. The summed E-state index contributed by atoms with van der Waals surface area (Å²) in [5.74, 6) is -0.927. The third-order valence-corrected chi connectivity index (χ3v) is 5.29. The lowest BCUT2D eigenvalue weighted by atomic mass is 9.87. The predicted molar refractivity (Wildman–Crippen MR) is 114 cm³/mol. The van der Waals surface area contributed by atoms with Crippen molar-refractivity contribution in [1.29, 1.82) is 0 Å². The minimum Gasteiger partial charge on any atom is -0.462 e. The summed E-state index contributed by atoms with van der Waals surface area (Å²) in [4.78, 5) is 41.9. The van der Waals surface area contributed by atoms with Crippen LogP contribution in [-0.2, 0) is 21.5 Å². The van der Waals surface area contributed by atoms with Gasteiger partial charge in [0.05, 0.1) is 23.9 Å². The van der Waals surface area contributed by atoms with Crippen molar-refractivity contribution in [2.45, 2.75) is 39.7 Å². The normalized spacial score (nSPS) is 11.4. The van der Waals surface area contributed by atoms with Crippen molar-refractivity contribution in [3.05, 3.63) is 57.5 Å². The lowest BCUT2D eigenvalue weighted by molar-refractivity contribution is -0.116. The van der Waals surface area contributed by atoms with E-state index in [1.165, 1.54) is 22.2 Å². The van der Waals surface area contributed by atoms with Gasteiger partial charge in [-0.15, -0.1) is 11.3 Å². The fourth-order valence-electron chi connectivity index (χ4n) is 2.85. The maximum absolute atomic E-state index is 12.8. The molecular weight excluding hydrogens is 390 g/mol. The molecule has 152 valence electrons. The number of ether oxygens (including phenoxy) is 1. The number of thiophene rings is 1. The van der Waals surface area contributed by atoms with Crippen LogP contribution in [-0.4, -0.2) is 28.0 Å². The second-order valence-corrected chi connectivity index (χ2v) is 8.46. The number of esters is 1. The number of aromatic nitrogens is 2. The molecule has 0 saturated heterocycles. The Morgan fingerprint density at radius 3 is 2.52 bits per heavy atom. The summed E-state index contributed by atoms with van der Waals surface area (Å²) < 4.78 is 6.19. The van der Waals surface area contributed by atoms with Crippen molar-refractivity contribution in [2.24, 2.45) is 0 Å². The zero-order valence-corrected chi connectivity index (χ0v) is 17.6. The predicted octanol–water partition coefficient (Wildman–Crippen LogP) is 3.57. The van der Waals surface area contributed by atoms with E-state index in [9.17, 15) is 14.4 Å². The first-order chi connectivity index (χ1) is 13.7. The van der Waals surface area contributed by atoms with E-state index in [-0.39, 0.29) is 35.4 Å². The lowest BCUT2D eigenvalue weighted by Crippen LogP contribution is -2.28. The molecule has 8 heteroatoms. The highest BCUT2D eigenvalue weighted by Crippen LogP contribution is 2.24. The number of nitrogens with one attached hydrogen (secondary N) is 1. The van der Waals surface area contributed by atoms with E-state index in [0.29, 0.717) is 10.5 Å². The minimum atomic E-state index is -0.571. The molecule has 0 aliphatic heterocycles. The van der Waals surface area contributed by atoms with E-state index >= 15 is 0 Å². The maximum atomic E-state index is 12.8. The van der Waals surface area contributed by atoms with Crippen LogP contribution in [0.5, 0.6) is 0 Å². The Morgan fingerprint density at radius 2 is 1.90 bits per heavy atom. The van der Waals surface area contributed by atoms with E-state index in [4.69, 9.17) is 4.74 Å². The molecule has 0 spiro atoms. The third-order valence-electron chi connectivity index (χ3n) is 4.40. The number of rotatable bonds is 5. The van der Waals surface area contributed by atoms with E-state index in [1.807, 2.05) is 24.3 Å². The van der Waals surface area contributed by atoms with Gasteiger partial charge in [0.25, 0.3) is 5.56 Å². The van der Waals surface area contributed by atoms with E-state index in [2.05, 4.69) is 31.1 Å². The molecule has 2 aromatic heterocycles. The average Bonchev–Trinajstić information content (AvgIpc) is 3.09. The summed E-state index contributed by atoms with van der Waals surface area (Å²) in [5, 5.41) is 4.51. The van der Waals surface area contributed by atoms with Crippen molar-refractivity contribution in [3.8, 4) is 0 Å². The highest BCUT2D eigenvalue weighted by molar-refractivity contribution is 7.17. The smallest absolute Gasteiger partial charge is 0.339 e. The maximum Gasteiger partial charge on any atom is 0.339 e. The first-order valence-corrected chi connectivity index (χ1v) is 10.1. The molecule has 0 unspecified atom stereocenters. The third kappa shape index (κ3) is 4.54. The van der Waals surface area contributed by atoms with Gasteiger partial charge < -0.3 is 10.1 Å². The Kier molecular flexibility index (Phi) is 5.83. The van der Waals surface area contributed by atoms with Crippen molar-refractivity contribution < 1.29 is 14.3 Å². The molecule has 0 atom stereocenters.